The van der Waals surface area contributed by atoms with E-state index in [0.717, 1.165) is 24.9 Å². The van der Waals surface area contributed by atoms with Crippen molar-refractivity contribution in [1.82, 2.24) is 0 Å². The summed E-state index contributed by atoms with van der Waals surface area (Å²) in [7, 11) is 0. The quantitative estimate of drug-likeness (QED) is 0.770. The average molecular weight is 272 g/mol. The normalized spacial score (nSPS) is 20.4. The van der Waals surface area contributed by atoms with Gasteiger partial charge >= 0.3 is 0 Å². The SMILES string of the molecule is c1ccc(NCC2CCCC2)c(NCC2CCCC2)c1. The van der Waals surface area contributed by atoms with Crippen molar-refractivity contribution in [2.45, 2.75) is 51.4 Å². The Hall–Kier alpha value is -1.18. The molecular formula is C18H28N2. The minimum absolute atomic E-state index is 0.887. The molecule has 0 heterocycles. The van der Waals surface area contributed by atoms with Crippen LogP contribution in [0.5, 0.6) is 0 Å². The van der Waals surface area contributed by atoms with Crippen LogP contribution in [0.25, 0.3) is 0 Å². The van der Waals surface area contributed by atoms with Gasteiger partial charge < -0.3 is 10.6 Å². The molecule has 2 aliphatic rings. The fraction of sp³-hybridized carbons (Fsp3) is 0.667. The first-order chi connectivity index (χ1) is 9.92. The second-order valence-electron chi connectivity index (χ2n) is 6.61. The number of rotatable bonds is 6. The Bertz CT molecular complexity index is 365. The van der Waals surface area contributed by atoms with E-state index >= 15 is 0 Å². The van der Waals surface area contributed by atoms with Crippen LogP contribution in [-0.4, -0.2) is 13.1 Å². The van der Waals surface area contributed by atoms with Gasteiger partial charge in [0.2, 0.25) is 0 Å². The summed E-state index contributed by atoms with van der Waals surface area (Å²) >= 11 is 0. The van der Waals surface area contributed by atoms with Gasteiger partial charge in [-0.05, 0) is 49.7 Å². The third-order valence-corrected chi connectivity index (χ3v) is 5.04. The number of hydrogen-bond donors (Lipinski definition) is 2. The molecule has 0 unspecified atom stereocenters. The molecule has 2 fully saturated rings. The molecule has 2 N–H and O–H groups in total. The van der Waals surface area contributed by atoms with Crippen molar-refractivity contribution in [1.29, 1.82) is 0 Å². The highest BCUT2D eigenvalue weighted by Gasteiger charge is 2.16. The maximum atomic E-state index is 3.67. The van der Waals surface area contributed by atoms with Crippen LogP contribution in [0.4, 0.5) is 11.4 Å². The molecule has 0 aromatic heterocycles. The van der Waals surface area contributed by atoms with Crippen LogP contribution in [0.2, 0.25) is 0 Å². The van der Waals surface area contributed by atoms with Gasteiger partial charge in [0.05, 0.1) is 11.4 Å². The van der Waals surface area contributed by atoms with E-state index in [-0.39, 0.29) is 0 Å². The second-order valence-corrected chi connectivity index (χ2v) is 6.61. The van der Waals surface area contributed by atoms with Gasteiger partial charge in [-0.25, -0.2) is 0 Å². The molecule has 0 bridgehead atoms. The first-order valence-electron chi connectivity index (χ1n) is 8.48. The van der Waals surface area contributed by atoms with Crippen LogP contribution in [0.3, 0.4) is 0 Å². The van der Waals surface area contributed by atoms with E-state index in [9.17, 15) is 0 Å². The average Bonchev–Trinajstić information content (AvgIpc) is 3.17. The minimum Gasteiger partial charge on any atom is -0.383 e. The molecule has 0 spiro atoms. The molecule has 0 atom stereocenters. The zero-order valence-electron chi connectivity index (χ0n) is 12.5. The summed E-state index contributed by atoms with van der Waals surface area (Å²) in [5.74, 6) is 1.77. The summed E-state index contributed by atoms with van der Waals surface area (Å²) in [5, 5.41) is 7.34. The predicted octanol–water partition coefficient (Wildman–Crippen LogP) is 4.89. The minimum atomic E-state index is 0.887. The molecule has 2 saturated carbocycles. The van der Waals surface area contributed by atoms with Crippen molar-refractivity contribution in [3.63, 3.8) is 0 Å². The maximum Gasteiger partial charge on any atom is 0.0576 e. The van der Waals surface area contributed by atoms with E-state index in [1.54, 1.807) is 0 Å². The van der Waals surface area contributed by atoms with Gasteiger partial charge in [-0.2, -0.15) is 0 Å². The first kappa shape index (κ1) is 13.8. The largest absolute Gasteiger partial charge is 0.383 e. The van der Waals surface area contributed by atoms with Crippen LogP contribution in [0, 0.1) is 11.8 Å². The van der Waals surface area contributed by atoms with Crippen molar-refractivity contribution in [2.75, 3.05) is 23.7 Å². The van der Waals surface area contributed by atoms with Gasteiger partial charge in [-0.1, -0.05) is 37.8 Å². The number of anilines is 2. The van der Waals surface area contributed by atoms with E-state index < -0.39 is 0 Å². The highest BCUT2D eigenvalue weighted by Crippen LogP contribution is 2.29. The zero-order chi connectivity index (χ0) is 13.6. The molecule has 1 aromatic rings. The Morgan fingerprint density at radius 3 is 1.50 bits per heavy atom. The van der Waals surface area contributed by atoms with Gasteiger partial charge in [-0.15, -0.1) is 0 Å². The summed E-state index contributed by atoms with van der Waals surface area (Å²) in [4.78, 5) is 0. The molecule has 20 heavy (non-hydrogen) atoms. The standard InChI is InChI=1S/C18H28N2/c1-2-8-15(7-1)13-19-17-11-5-6-12-18(17)20-14-16-9-3-4-10-16/h5-6,11-12,15-16,19-20H,1-4,7-10,13-14H2. The summed E-state index contributed by atoms with van der Waals surface area (Å²) < 4.78 is 0. The lowest BCUT2D eigenvalue weighted by atomic mass is 10.1. The molecule has 3 rings (SSSR count). The first-order valence-corrected chi connectivity index (χ1v) is 8.48. The molecule has 1 aromatic carbocycles. The van der Waals surface area contributed by atoms with E-state index in [0.29, 0.717) is 0 Å². The summed E-state index contributed by atoms with van der Waals surface area (Å²) in [5.41, 5.74) is 2.58. The molecule has 0 radical (unpaired) electrons. The molecular weight excluding hydrogens is 244 g/mol. The van der Waals surface area contributed by atoms with Gasteiger partial charge in [0.1, 0.15) is 0 Å². The van der Waals surface area contributed by atoms with Crippen molar-refractivity contribution >= 4 is 11.4 Å². The highest BCUT2D eigenvalue weighted by molar-refractivity contribution is 5.68. The third kappa shape index (κ3) is 3.68. The molecule has 0 aliphatic heterocycles. The zero-order valence-corrected chi connectivity index (χ0v) is 12.5. The number of benzene rings is 1. The number of nitrogens with one attached hydrogen (secondary N) is 2. The van der Waals surface area contributed by atoms with Gasteiger partial charge in [0.15, 0.2) is 0 Å². The number of para-hydroxylation sites is 2. The molecule has 0 saturated heterocycles. The van der Waals surface area contributed by atoms with Crippen molar-refractivity contribution in [3.05, 3.63) is 24.3 Å². The Morgan fingerprint density at radius 1 is 0.700 bits per heavy atom. The summed E-state index contributed by atoms with van der Waals surface area (Å²) in [6.07, 6.45) is 11.3. The lowest BCUT2D eigenvalue weighted by Crippen LogP contribution is -2.15. The topological polar surface area (TPSA) is 24.1 Å². The monoisotopic (exact) mass is 272 g/mol. The van der Waals surface area contributed by atoms with E-state index in [1.165, 1.54) is 62.7 Å². The Kier molecular flexibility index (Phi) is 4.83. The highest BCUT2D eigenvalue weighted by atomic mass is 15.0. The van der Waals surface area contributed by atoms with E-state index in [4.69, 9.17) is 0 Å². The molecule has 2 nitrogen and oxygen atoms in total. The van der Waals surface area contributed by atoms with Crippen LogP contribution in [-0.2, 0) is 0 Å². The Morgan fingerprint density at radius 2 is 1.10 bits per heavy atom. The van der Waals surface area contributed by atoms with Crippen molar-refractivity contribution in [2.24, 2.45) is 11.8 Å². The summed E-state index contributed by atoms with van der Waals surface area (Å²) in [6.45, 7) is 2.28. The van der Waals surface area contributed by atoms with Gasteiger partial charge in [0.25, 0.3) is 0 Å². The smallest absolute Gasteiger partial charge is 0.0576 e. The lowest BCUT2D eigenvalue weighted by Gasteiger charge is -2.18. The molecule has 110 valence electrons. The molecule has 2 aliphatic carbocycles. The number of hydrogen-bond acceptors (Lipinski definition) is 2. The fourth-order valence-corrected chi connectivity index (χ4v) is 3.73. The maximum absolute atomic E-state index is 3.67. The van der Waals surface area contributed by atoms with Gasteiger partial charge in [-0.3, -0.25) is 0 Å². The van der Waals surface area contributed by atoms with Crippen LogP contribution >= 0.6 is 0 Å². The predicted molar refractivity (Wildman–Crippen MR) is 87.3 cm³/mol. The van der Waals surface area contributed by atoms with Crippen molar-refractivity contribution in [3.8, 4) is 0 Å². The van der Waals surface area contributed by atoms with Crippen molar-refractivity contribution < 1.29 is 0 Å². The van der Waals surface area contributed by atoms with Crippen LogP contribution in [0.15, 0.2) is 24.3 Å². The second kappa shape index (κ2) is 7.01. The third-order valence-electron chi connectivity index (χ3n) is 5.04. The van der Waals surface area contributed by atoms with E-state index in [1.807, 2.05) is 0 Å². The van der Waals surface area contributed by atoms with Gasteiger partial charge in [0, 0.05) is 13.1 Å². The van der Waals surface area contributed by atoms with Crippen LogP contribution < -0.4 is 10.6 Å². The van der Waals surface area contributed by atoms with E-state index in [2.05, 4.69) is 34.9 Å². The molecule has 2 heteroatoms. The van der Waals surface area contributed by atoms with Crippen LogP contribution in [0.1, 0.15) is 51.4 Å². The lowest BCUT2D eigenvalue weighted by molar-refractivity contribution is 0.577. The summed E-state index contributed by atoms with van der Waals surface area (Å²) in [6, 6.07) is 8.70. The Balaban J connectivity index is 1.52. The Labute approximate surface area is 123 Å². The molecule has 0 amide bonds. The fourth-order valence-electron chi connectivity index (χ4n) is 3.73.